The first kappa shape index (κ1) is 21.5. The predicted octanol–water partition coefficient (Wildman–Crippen LogP) is -0.961. The summed E-state index contributed by atoms with van der Waals surface area (Å²) in [6.45, 7) is 0. The molecular weight excluding hydrogens is 467 g/mol. The largest absolute Gasteiger partial charge is 2.00 e. The van der Waals surface area contributed by atoms with Crippen LogP contribution in [0.5, 0.6) is 0 Å². The summed E-state index contributed by atoms with van der Waals surface area (Å²) < 4.78 is 0. The zero-order valence-electron chi connectivity index (χ0n) is 12.8. The molecule has 0 aromatic carbocycles. The standard InChI is InChI=1S/C12H24N2.C3H4O4.Pt/c13-11-8-4-5-9-12(11,14)10-6-2-1-3-7-10;4-2(5)1-3(6)7;/h10-11H,1-9,13-14H2;1H2,(H,4,5)(H,6,7);/q;;+2/p-2. The van der Waals surface area contributed by atoms with Gasteiger partial charge in [-0.15, -0.1) is 0 Å². The first-order valence-electron chi connectivity index (χ1n) is 7.80. The van der Waals surface area contributed by atoms with Gasteiger partial charge in [-0.05, 0) is 31.6 Å². The summed E-state index contributed by atoms with van der Waals surface area (Å²) in [4.78, 5) is 18.6. The molecule has 0 bridgehead atoms. The molecule has 7 heteroatoms. The number of hydrogen-bond donors (Lipinski definition) is 2. The maximum Gasteiger partial charge on any atom is 2.00 e. The zero-order chi connectivity index (χ0) is 15.9. The quantitative estimate of drug-likeness (QED) is 0.487. The van der Waals surface area contributed by atoms with Gasteiger partial charge in [-0.1, -0.05) is 32.1 Å². The molecule has 2 rings (SSSR count). The Balaban J connectivity index is 0.000000478. The molecule has 2 fully saturated rings. The van der Waals surface area contributed by atoms with Crippen LogP contribution in [0.2, 0.25) is 0 Å². The van der Waals surface area contributed by atoms with Crippen molar-refractivity contribution >= 4 is 11.9 Å². The van der Waals surface area contributed by atoms with Crippen molar-refractivity contribution in [2.45, 2.75) is 75.8 Å². The van der Waals surface area contributed by atoms with Gasteiger partial charge in [0.05, 0.1) is 0 Å². The first-order valence-corrected chi connectivity index (χ1v) is 7.80. The Kier molecular flexibility index (Phi) is 10.1. The molecule has 130 valence electrons. The summed E-state index contributed by atoms with van der Waals surface area (Å²) in [5.41, 5.74) is 12.8. The van der Waals surface area contributed by atoms with Gasteiger partial charge in [0.1, 0.15) is 0 Å². The normalized spacial score (nSPS) is 28.7. The van der Waals surface area contributed by atoms with E-state index in [2.05, 4.69) is 0 Å². The molecule has 4 N–H and O–H groups in total. The van der Waals surface area contributed by atoms with E-state index in [1.807, 2.05) is 0 Å². The third-order valence-corrected chi connectivity index (χ3v) is 4.72. The fraction of sp³-hybridized carbons (Fsp3) is 0.867. The van der Waals surface area contributed by atoms with Crippen LogP contribution in [0.3, 0.4) is 0 Å². The van der Waals surface area contributed by atoms with Crippen molar-refractivity contribution in [3.05, 3.63) is 0 Å². The SMILES string of the molecule is NC1CCCCC1(N)C1CCCCC1.O=C([O-])CC(=O)[O-].[Pt+2]. The fourth-order valence-electron chi connectivity index (χ4n) is 3.51. The van der Waals surface area contributed by atoms with E-state index < -0.39 is 18.4 Å². The molecule has 0 heterocycles. The van der Waals surface area contributed by atoms with E-state index in [9.17, 15) is 19.8 Å². The van der Waals surface area contributed by atoms with Crippen molar-refractivity contribution in [2.24, 2.45) is 17.4 Å². The van der Waals surface area contributed by atoms with Gasteiger partial charge < -0.3 is 31.3 Å². The van der Waals surface area contributed by atoms with Crippen LogP contribution < -0.4 is 21.7 Å². The Bertz CT molecular complexity index is 349. The van der Waals surface area contributed by atoms with Crippen LogP contribution in [0.4, 0.5) is 0 Å². The Morgan fingerprint density at radius 2 is 1.45 bits per heavy atom. The third-order valence-electron chi connectivity index (χ3n) is 4.72. The van der Waals surface area contributed by atoms with Crippen LogP contribution in [-0.4, -0.2) is 23.5 Å². The van der Waals surface area contributed by atoms with Crippen LogP contribution in [-0.2, 0) is 30.7 Å². The molecule has 6 nitrogen and oxygen atoms in total. The topological polar surface area (TPSA) is 132 Å². The second-order valence-corrected chi connectivity index (χ2v) is 6.22. The molecule has 0 radical (unpaired) electrons. The van der Waals surface area contributed by atoms with Crippen LogP contribution in [0, 0.1) is 5.92 Å². The van der Waals surface area contributed by atoms with Crippen molar-refractivity contribution in [1.29, 1.82) is 0 Å². The van der Waals surface area contributed by atoms with Crippen molar-refractivity contribution in [1.82, 2.24) is 0 Å². The van der Waals surface area contributed by atoms with E-state index >= 15 is 0 Å². The zero-order valence-corrected chi connectivity index (χ0v) is 15.1. The van der Waals surface area contributed by atoms with Gasteiger partial charge in [0.2, 0.25) is 0 Å². The molecule has 2 unspecified atom stereocenters. The Hall–Kier alpha value is -0.452. The predicted molar refractivity (Wildman–Crippen MR) is 74.6 cm³/mol. The van der Waals surface area contributed by atoms with Gasteiger partial charge in [0.15, 0.2) is 0 Å². The number of hydrogen-bond acceptors (Lipinski definition) is 6. The fourth-order valence-corrected chi connectivity index (χ4v) is 3.51. The molecule has 2 aliphatic rings. The van der Waals surface area contributed by atoms with Gasteiger partial charge in [0, 0.05) is 29.9 Å². The summed E-state index contributed by atoms with van der Waals surface area (Å²) >= 11 is 0. The molecule has 0 saturated heterocycles. The van der Waals surface area contributed by atoms with Gasteiger partial charge in [-0.25, -0.2) is 0 Å². The number of rotatable bonds is 3. The van der Waals surface area contributed by atoms with Crippen LogP contribution in [0.15, 0.2) is 0 Å². The first-order chi connectivity index (χ1) is 9.86. The van der Waals surface area contributed by atoms with E-state index in [-0.39, 0.29) is 32.6 Å². The number of carbonyl (C=O) groups is 2. The Labute approximate surface area is 146 Å². The summed E-state index contributed by atoms with van der Waals surface area (Å²) in [5.74, 6) is -2.54. The third kappa shape index (κ3) is 6.76. The van der Waals surface area contributed by atoms with E-state index in [0.717, 1.165) is 6.42 Å². The van der Waals surface area contributed by atoms with Crippen molar-refractivity contribution in [3.63, 3.8) is 0 Å². The van der Waals surface area contributed by atoms with Crippen LogP contribution in [0.1, 0.15) is 64.2 Å². The monoisotopic (exact) mass is 493 g/mol. The number of carboxylic acid groups (broad SMARTS) is 2. The second kappa shape index (κ2) is 10.3. The molecule has 0 aromatic rings. The summed E-state index contributed by atoms with van der Waals surface area (Å²) in [5, 5.41) is 18.6. The minimum absolute atomic E-state index is 0. The van der Waals surface area contributed by atoms with Crippen molar-refractivity contribution in [2.75, 3.05) is 0 Å². The van der Waals surface area contributed by atoms with E-state index in [1.54, 1.807) is 0 Å². The molecule has 22 heavy (non-hydrogen) atoms. The van der Waals surface area contributed by atoms with Gasteiger partial charge in [0.25, 0.3) is 0 Å². The molecule has 2 aliphatic carbocycles. The molecule has 0 aromatic heterocycles. The Morgan fingerprint density at radius 1 is 0.955 bits per heavy atom. The van der Waals surface area contributed by atoms with E-state index in [4.69, 9.17) is 11.5 Å². The summed E-state index contributed by atoms with van der Waals surface area (Å²) in [7, 11) is 0. The van der Waals surface area contributed by atoms with E-state index in [0.29, 0.717) is 5.92 Å². The van der Waals surface area contributed by atoms with Crippen LogP contribution >= 0.6 is 0 Å². The van der Waals surface area contributed by atoms with Crippen molar-refractivity contribution in [3.8, 4) is 0 Å². The summed E-state index contributed by atoms with van der Waals surface area (Å²) in [6.07, 6.45) is 10.7. The number of aliphatic carboxylic acids is 2. The number of carbonyl (C=O) groups excluding carboxylic acids is 2. The molecule has 0 spiro atoms. The van der Waals surface area contributed by atoms with Crippen LogP contribution in [0.25, 0.3) is 0 Å². The maximum absolute atomic E-state index is 9.28. The van der Waals surface area contributed by atoms with Crippen molar-refractivity contribution < 1.29 is 40.9 Å². The van der Waals surface area contributed by atoms with Gasteiger partial charge in [-0.3, -0.25) is 0 Å². The minimum Gasteiger partial charge on any atom is -0.550 e. The number of carboxylic acids is 2. The second-order valence-electron chi connectivity index (χ2n) is 6.22. The number of nitrogens with two attached hydrogens (primary N) is 2. The molecule has 0 amide bonds. The summed E-state index contributed by atoms with van der Waals surface area (Å²) in [6, 6.07) is 0.263. The maximum atomic E-state index is 9.28. The molecule has 2 atom stereocenters. The average molecular weight is 493 g/mol. The van der Waals surface area contributed by atoms with Gasteiger partial charge >= 0.3 is 21.1 Å². The van der Waals surface area contributed by atoms with E-state index in [1.165, 1.54) is 51.4 Å². The smallest absolute Gasteiger partial charge is 0.550 e. The Morgan fingerprint density at radius 3 is 1.86 bits per heavy atom. The average Bonchev–Trinajstić information content (AvgIpc) is 2.42. The molecule has 2 saturated carbocycles. The minimum atomic E-state index is -1.63. The molecule has 0 aliphatic heterocycles. The molecular formula is C15H26N2O4Pt. The van der Waals surface area contributed by atoms with Gasteiger partial charge in [-0.2, -0.15) is 0 Å².